The van der Waals surface area contributed by atoms with Gasteiger partial charge in [0.15, 0.2) is 0 Å². The molecule has 8 nitrogen and oxygen atoms in total. The number of aliphatic hydroxyl groups is 2. The predicted molar refractivity (Wildman–Crippen MR) is 238 cm³/mol. The van der Waals surface area contributed by atoms with E-state index < -0.39 is 11.9 Å². The van der Waals surface area contributed by atoms with Gasteiger partial charge in [0.1, 0.15) is 0 Å². The number of carbonyl (C=O) groups excluding carboxylic acids is 2. The van der Waals surface area contributed by atoms with Crippen LogP contribution >= 0.6 is 0 Å². The molecule has 59 heavy (non-hydrogen) atoms. The molecule has 0 heterocycles. The molecule has 9 heteroatoms. The summed E-state index contributed by atoms with van der Waals surface area (Å²) in [6.45, 7) is 5.54. The molecule has 0 fully saturated rings. The molecular formula is C50H82BaO8. The first kappa shape index (κ1) is 57.8. The van der Waals surface area contributed by atoms with Crippen LogP contribution in [-0.4, -0.2) is 95.4 Å². The number of aliphatic carboxylic acids is 2. The standard InChI is InChI=1S/2C25H42O4.Ba/c2*1-2-3-4-5-6-7-11-16-23(26)17-12-18-24(19-13-20-25(27)28)29-21-22-14-9-8-10-15-22;/h2*8-10,14-15,23-24,26H,2-7,11-13,16-21H2,1H3,(H,27,28);/q;;+2/p-2. The number of carbonyl (C=O) groups is 2. The van der Waals surface area contributed by atoms with Crippen LogP contribution in [0.3, 0.4) is 0 Å². The molecule has 4 atom stereocenters. The van der Waals surface area contributed by atoms with E-state index in [2.05, 4.69) is 13.8 Å². The van der Waals surface area contributed by atoms with Gasteiger partial charge in [0.05, 0.1) is 37.6 Å². The summed E-state index contributed by atoms with van der Waals surface area (Å²) in [4.78, 5) is 21.4. The fourth-order valence-corrected chi connectivity index (χ4v) is 7.27. The van der Waals surface area contributed by atoms with E-state index in [1.54, 1.807) is 0 Å². The fraction of sp³-hybridized carbons (Fsp3) is 0.720. The van der Waals surface area contributed by atoms with E-state index in [9.17, 15) is 30.0 Å². The Morgan fingerprint density at radius 1 is 0.458 bits per heavy atom. The van der Waals surface area contributed by atoms with E-state index in [0.717, 1.165) is 75.3 Å². The summed E-state index contributed by atoms with van der Waals surface area (Å²) >= 11 is 0. The first-order valence-electron chi connectivity index (χ1n) is 23.3. The molecule has 0 spiro atoms. The summed E-state index contributed by atoms with van der Waals surface area (Å²) in [5.74, 6) is -2.01. The summed E-state index contributed by atoms with van der Waals surface area (Å²) in [6.07, 6.45) is 26.9. The van der Waals surface area contributed by atoms with Crippen LogP contribution in [0.15, 0.2) is 60.7 Å². The predicted octanol–water partition coefficient (Wildman–Crippen LogP) is 9.95. The van der Waals surface area contributed by atoms with Gasteiger partial charge in [0.25, 0.3) is 0 Å². The maximum Gasteiger partial charge on any atom is 2.00 e. The Morgan fingerprint density at radius 3 is 1.10 bits per heavy atom. The molecule has 2 aromatic carbocycles. The van der Waals surface area contributed by atoms with Crippen molar-refractivity contribution in [2.75, 3.05) is 0 Å². The van der Waals surface area contributed by atoms with Gasteiger partial charge in [-0.1, -0.05) is 164 Å². The van der Waals surface area contributed by atoms with E-state index in [0.29, 0.717) is 38.9 Å². The molecule has 0 aromatic heterocycles. The van der Waals surface area contributed by atoms with E-state index in [4.69, 9.17) is 9.47 Å². The van der Waals surface area contributed by atoms with Gasteiger partial charge in [0, 0.05) is 11.9 Å². The summed E-state index contributed by atoms with van der Waals surface area (Å²) in [5, 5.41) is 41.8. The molecule has 2 rings (SSSR count). The summed E-state index contributed by atoms with van der Waals surface area (Å²) < 4.78 is 12.1. The molecule has 0 amide bonds. The molecule has 4 unspecified atom stereocenters. The van der Waals surface area contributed by atoms with Crippen molar-refractivity contribution in [3.8, 4) is 0 Å². The van der Waals surface area contributed by atoms with Gasteiger partial charge in [-0.15, -0.1) is 0 Å². The van der Waals surface area contributed by atoms with E-state index in [-0.39, 0.29) is 86.1 Å². The van der Waals surface area contributed by atoms with Crippen LogP contribution < -0.4 is 10.2 Å². The van der Waals surface area contributed by atoms with Crippen molar-refractivity contribution in [3.63, 3.8) is 0 Å². The third-order valence-corrected chi connectivity index (χ3v) is 10.9. The van der Waals surface area contributed by atoms with E-state index in [1.807, 2.05) is 60.7 Å². The van der Waals surface area contributed by atoms with Crippen molar-refractivity contribution in [2.45, 2.75) is 231 Å². The van der Waals surface area contributed by atoms with Crippen molar-refractivity contribution in [3.05, 3.63) is 71.8 Å². The monoisotopic (exact) mass is 949 g/mol. The minimum atomic E-state index is -1.00. The maximum atomic E-state index is 10.7. The SMILES string of the molecule is CCCCCCCCCC(O)CCCC(CCCC(=O)[O-])OCc1ccccc1.CCCCCCCCCC(O)CCCC(CCCC(=O)[O-])OCc1ccccc1.[Ba+2]. The molecule has 0 saturated heterocycles. The van der Waals surface area contributed by atoms with Gasteiger partial charge < -0.3 is 39.5 Å². The average Bonchev–Trinajstić information content (AvgIpc) is 3.21. The minimum absolute atomic E-state index is 0. The molecule has 332 valence electrons. The summed E-state index contributed by atoms with van der Waals surface area (Å²) in [7, 11) is 0. The van der Waals surface area contributed by atoms with Crippen LogP contribution in [0.25, 0.3) is 0 Å². The third-order valence-electron chi connectivity index (χ3n) is 10.9. The Morgan fingerprint density at radius 2 is 0.763 bits per heavy atom. The Kier molecular flexibility index (Phi) is 41.2. The second-order valence-electron chi connectivity index (χ2n) is 16.4. The zero-order chi connectivity index (χ0) is 42.3. The molecule has 2 aromatic rings. The quantitative estimate of drug-likeness (QED) is 0.0501. The average molecular weight is 949 g/mol. The van der Waals surface area contributed by atoms with Crippen LogP contribution in [0.5, 0.6) is 0 Å². The number of hydrogen-bond donors (Lipinski definition) is 2. The van der Waals surface area contributed by atoms with Crippen LogP contribution in [0.4, 0.5) is 0 Å². The molecule has 0 radical (unpaired) electrons. The van der Waals surface area contributed by atoms with Crippen LogP contribution in [0, 0.1) is 0 Å². The third kappa shape index (κ3) is 38.2. The number of benzene rings is 2. The van der Waals surface area contributed by atoms with Crippen molar-refractivity contribution in [1.29, 1.82) is 0 Å². The van der Waals surface area contributed by atoms with Crippen molar-refractivity contribution < 1.29 is 39.5 Å². The molecule has 0 bridgehead atoms. The first-order valence-corrected chi connectivity index (χ1v) is 23.3. The zero-order valence-electron chi connectivity index (χ0n) is 37.3. The number of carboxylic acid groups (broad SMARTS) is 2. The van der Waals surface area contributed by atoms with Crippen LogP contribution in [-0.2, 0) is 32.3 Å². The first-order chi connectivity index (χ1) is 28.2. The van der Waals surface area contributed by atoms with Gasteiger partial charge in [0.2, 0.25) is 0 Å². The van der Waals surface area contributed by atoms with Crippen molar-refractivity contribution in [2.24, 2.45) is 0 Å². The smallest absolute Gasteiger partial charge is 0.550 e. The Bertz CT molecular complexity index is 1110. The van der Waals surface area contributed by atoms with Crippen LogP contribution in [0.1, 0.15) is 205 Å². The minimum Gasteiger partial charge on any atom is -0.550 e. The number of aliphatic hydroxyl groups excluding tert-OH is 2. The molecule has 0 aliphatic carbocycles. The summed E-state index contributed by atoms with van der Waals surface area (Å²) in [6, 6.07) is 20.0. The van der Waals surface area contributed by atoms with Gasteiger partial charge in [-0.25, -0.2) is 0 Å². The molecule has 0 saturated carbocycles. The molecule has 0 aliphatic heterocycles. The fourth-order valence-electron chi connectivity index (χ4n) is 7.27. The largest absolute Gasteiger partial charge is 2.00 e. The van der Waals surface area contributed by atoms with Crippen molar-refractivity contribution >= 4 is 60.8 Å². The number of hydrogen-bond acceptors (Lipinski definition) is 8. The number of carboxylic acids is 2. The maximum absolute atomic E-state index is 10.7. The number of rotatable bonds is 38. The van der Waals surface area contributed by atoms with Crippen LogP contribution in [0.2, 0.25) is 0 Å². The second-order valence-corrected chi connectivity index (χ2v) is 16.4. The van der Waals surface area contributed by atoms with Gasteiger partial charge in [-0.05, 0) is 101 Å². The molecule has 0 aliphatic rings. The topological polar surface area (TPSA) is 139 Å². The number of unbranched alkanes of at least 4 members (excludes halogenated alkanes) is 12. The Hall–Kier alpha value is -1.21. The number of ether oxygens (including phenoxy) is 2. The molecule has 2 N–H and O–H groups in total. The zero-order valence-corrected chi connectivity index (χ0v) is 41.8. The Labute approximate surface area is 400 Å². The van der Waals surface area contributed by atoms with Gasteiger partial charge in [-0.3, -0.25) is 0 Å². The van der Waals surface area contributed by atoms with Gasteiger partial charge >= 0.3 is 48.9 Å². The van der Waals surface area contributed by atoms with Gasteiger partial charge in [-0.2, -0.15) is 0 Å². The van der Waals surface area contributed by atoms with Crippen molar-refractivity contribution in [1.82, 2.24) is 0 Å². The normalized spacial score (nSPS) is 13.1. The van der Waals surface area contributed by atoms with E-state index in [1.165, 1.54) is 77.0 Å². The molecular weight excluding hydrogens is 866 g/mol. The summed E-state index contributed by atoms with van der Waals surface area (Å²) in [5.41, 5.74) is 2.24. The van der Waals surface area contributed by atoms with E-state index >= 15 is 0 Å². The Balaban J connectivity index is 0.00000112. The second kappa shape index (κ2) is 42.1.